The van der Waals surface area contributed by atoms with Crippen molar-refractivity contribution >= 4 is 93.8 Å². The number of hydrogen-bond donors (Lipinski definition) is 18. The maximum atomic E-state index is 14.6. The van der Waals surface area contributed by atoms with Gasteiger partial charge in [0, 0.05) is 49.5 Å². The van der Waals surface area contributed by atoms with Crippen LogP contribution in [0.1, 0.15) is 111 Å². The summed E-state index contributed by atoms with van der Waals surface area (Å²) in [5.41, 5.74) is 28.7. The zero-order valence-electron chi connectivity index (χ0n) is 49.9. The van der Waals surface area contributed by atoms with Crippen molar-refractivity contribution in [3.63, 3.8) is 0 Å². The highest BCUT2D eigenvalue weighted by Crippen LogP contribution is 2.23. The van der Waals surface area contributed by atoms with Crippen LogP contribution in [0.2, 0.25) is 0 Å². The Balaban J connectivity index is 1.99. The molecule has 1 aliphatic heterocycles. The number of primary amides is 2. The Labute approximate surface area is 506 Å². The smallest absolute Gasteiger partial charge is 0.328 e. The summed E-state index contributed by atoms with van der Waals surface area (Å²) in [7, 11) is 0. The molecule has 2 heterocycles. The molecule has 23 N–H and O–H groups in total. The number of aliphatic imine (C=N–C) groups is 1. The van der Waals surface area contributed by atoms with Crippen molar-refractivity contribution < 1.29 is 82.8 Å². The molecule has 1 aromatic heterocycles. The van der Waals surface area contributed by atoms with E-state index in [0.717, 1.165) is 11.8 Å². The van der Waals surface area contributed by atoms with E-state index in [1.807, 2.05) is 0 Å². The van der Waals surface area contributed by atoms with Gasteiger partial charge in [0.1, 0.15) is 54.4 Å². The summed E-state index contributed by atoms with van der Waals surface area (Å²) in [6, 6.07) is -8.64. The summed E-state index contributed by atoms with van der Waals surface area (Å²) in [5.74, 6) is -14.8. The topological polar surface area (TPSA) is 561 Å². The fourth-order valence-electron chi connectivity index (χ4n) is 9.54. The molecule has 0 spiro atoms. The maximum Gasteiger partial charge on any atom is 0.328 e. The maximum absolute atomic E-state index is 14.6. The molecule has 1 aromatic carbocycles. The van der Waals surface area contributed by atoms with E-state index in [9.17, 15) is 82.8 Å². The lowest BCUT2D eigenvalue weighted by Gasteiger charge is -2.30. The second kappa shape index (κ2) is 35.6. The Kier molecular flexibility index (Phi) is 29.6. The van der Waals surface area contributed by atoms with Crippen LogP contribution in [-0.2, 0) is 68.7 Å². The van der Waals surface area contributed by atoms with Crippen molar-refractivity contribution in [3.8, 4) is 0 Å². The van der Waals surface area contributed by atoms with Crippen molar-refractivity contribution in [2.24, 2.45) is 45.5 Å². The molecule has 1 aliphatic rings. The number of carbonyl (C=O) groups is 13. The second-order valence-corrected chi connectivity index (χ2v) is 22.4. The summed E-state index contributed by atoms with van der Waals surface area (Å²) in [6.45, 7) is 7.02. The van der Waals surface area contributed by atoms with E-state index in [0.29, 0.717) is 16.5 Å². The lowest BCUT2D eigenvalue weighted by molar-refractivity contribution is -0.145. The molecule has 0 unspecified atom stereocenters. The van der Waals surface area contributed by atoms with Gasteiger partial charge in [0.05, 0.1) is 19.1 Å². The number of amides is 11. The van der Waals surface area contributed by atoms with Crippen LogP contribution in [0.3, 0.4) is 0 Å². The number of carboxylic acids is 2. The third kappa shape index (κ3) is 24.1. The van der Waals surface area contributed by atoms with Gasteiger partial charge in [0.25, 0.3) is 0 Å². The van der Waals surface area contributed by atoms with Gasteiger partial charge in [-0.25, -0.2) is 4.79 Å². The molecule has 11 amide bonds. The van der Waals surface area contributed by atoms with Gasteiger partial charge in [-0.3, -0.25) is 62.5 Å². The number of hydrogen-bond acceptors (Lipinski definition) is 17. The molecule has 33 heteroatoms. The van der Waals surface area contributed by atoms with Crippen LogP contribution in [0.4, 0.5) is 0 Å². The van der Waals surface area contributed by atoms with Gasteiger partial charge in [-0.2, -0.15) is 0 Å². The monoisotopic (exact) mass is 1240 g/mol. The van der Waals surface area contributed by atoms with Crippen molar-refractivity contribution in [2.75, 3.05) is 19.7 Å². The Morgan fingerprint density at radius 2 is 1.15 bits per heavy atom. The Morgan fingerprint density at radius 3 is 1.68 bits per heavy atom. The quantitative estimate of drug-likeness (QED) is 0.0169. The number of para-hydroxylation sites is 1. The van der Waals surface area contributed by atoms with Gasteiger partial charge in [-0.05, 0) is 81.8 Å². The third-order valence-electron chi connectivity index (χ3n) is 14.0. The molecular weight excluding hydrogens is 1160 g/mol. The summed E-state index contributed by atoms with van der Waals surface area (Å²) in [5, 5.41) is 59.0. The molecule has 11 atom stereocenters. The highest BCUT2D eigenvalue weighted by molar-refractivity contribution is 6.00. The van der Waals surface area contributed by atoms with E-state index < -0.39 is 175 Å². The molecular formula is C55H86N16O17. The number of nitrogens with two attached hydrogens (primary N) is 5. The number of guanidine groups is 1. The largest absolute Gasteiger partial charge is 0.481 e. The normalized spacial score (nSPS) is 16.4. The average molecular weight is 1240 g/mol. The Morgan fingerprint density at radius 1 is 0.636 bits per heavy atom. The number of nitrogens with zero attached hydrogens (tertiary/aromatic N) is 2. The minimum Gasteiger partial charge on any atom is -0.481 e. The first-order chi connectivity index (χ1) is 41.3. The first-order valence-electron chi connectivity index (χ1n) is 28.7. The van der Waals surface area contributed by atoms with Crippen molar-refractivity contribution in [1.82, 2.24) is 52.4 Å². The number of aliphatic hydroxyl groups is 2. The van der Waals surface area contributed by atoms with E-state index >= 15 is 0 Å². The highest BCUT2D eigenvalue weighted by Gasteiger charge is 2.41. The van der Waals surface area contributed by atoms with Crippen LogP contribution < -0.4 is 71.2 Å². The molecule has 0 aliphatic carbocycles. The molecule has 33 nitrogen and oxygen atoms in total. The number of aromatic nitrogens is 1. The number of H-pyrrole nitrogens is 1. The standard InChI is InChI=1S/C55H86N16O17/c1-26(2)20-36(48(81)64-34(15-17-43(76)77)47(80)63-33(12-8-18-61-55(59)60)46(79)66-37(21-27(3)4)51(84)70-44(28(5)73)54(87)88)67-50(83)39(23-42(58)75)68-49(82)38(22-29-24-62-32-11-7-6-10-30(29)32)69-52(85)40-13-9-19-71(40)53(86)35(14-16-41(57)74)65-45(78)31(56)25-72/h6-7,10-11,24,26-28,31,33-40,44,62,72-73H,8-9,12-23,25,56H2,1-5H3,(H2,57,74)(H2,58,75)(H,63,80)(H,64,81)(H,65,78)(H,66,79)(H,67,83)(H,68,82)(H,69,85)(H,70,84)(H,76,77)(H,87,88)(H4,59,60,61)/t28-,31+,33+,34+,35+,36+,37+,38+,39+,40+,44+/m1/s1. The number of benzene rings is 1. The van der Waals surface area contributed by atoms with Crippen LogP contribution in [-0.4, -0.2) is 199 Å². The molecule has 3 rings (SSSR count). The Bertz CT molecular complexity index is 2840. The zero-order chi connectivity index (χ0) is 66.1. The van der Waals surface area contributed by atoms with Crippen LogP contribution in [0, 0.1) is 11.8 Å². The number of aromatic amines is 1. The predicted octanol–water partition coefficient (Wildman–Crippen LogP) is -5.48. The van der Waals surface area contributed by atoms with E-state index in [1.54, 1.807) is 58.2 Å². The van der Waals surface area contributed by atoms with Gasteiger partial charge < -0.3 is 102 Å². The van der Waals surface area contributed by atoms with Gasteiger partial charge in [-0.1, -0.05) is 45.9 Å². The molecule has 2 aromatic rings. The van der Waals surface area contributed by atoms with Crippen molar-refractivity contribution in [3.05, 3.63) is 36.0 Å². The van der Waals surface area contributed by atoms with Crippen LogP contribution in [0.15, 0.2) is 35.5 Å². The van der Waals surface area contributed by atoms with Crippen LogP contribution >= 0.6 is 0 Å². The van der Waals surface area contributed by atoms with Crippen LogP contribution in [0.5, 0.6) is 0 Å². The fourth-order valence-corrected chi connectivity index (χ4v) is 9.54. The van der Waals surface area contributed by atoms with E-state index in [-0.39, 0.29) is 82.8 Å². The number of aliphatic carboxylic acids is 2. The number of likely N-dealkylation sites (tertiary alicyclic amines) is 1. The number of nitrogens with one attached hydrogen (secondary N) is 9. The van der Waals surface area contributed by atoms with E-state index in [1.165, 1.54) is 0 Å². The zero-order valence-corrected chi connectivity index (χ0v) is 49.9. The fraction of sp³-hybridized carbons (Fsp3) is 0.600. The van der Waals surface area contributed by atoms with Gasteiger partial charge in [-0.15, -0.1) is 0 Å². The lowest BCUT2D eigenvalue weighted by atomic mass is 10.00. The number of carboxylic acid groups (broad SMARTS) is 2. The molecule has 0 radical (unpaired) electrons. The first-order valence-corrected chi connectivity index (χ1v) is 28.7. The van der Waals surface area contributed by atoms with Gasteiger partial charge >= 0.3 is 11.9 Å². The molecule has 88 heavy (non-hydrogen) atoms. The van der Waals surface area contributed by atoms with Crippen LogP contribution in [0.25, 0.3) is 10.9 Å². The Hall–Kier alpha value is -8.98. The van der Waals surface area contributed by atoms with E-state index in [4.69, 9.17) is 28.7 Å². The molecule has 1 saturated heterocycles. The summed E-state index contributed by atoms with van der Waals surface area (Å²) >= 11 is 0. The van der Waals surface area contributed by atoms with Crippen molar-refractivity contribution in [2.45, 2.75) is 178 Å². The highest BCUT2D eigenvalue weighted by atomic mass is 16.4. The molecule has 0 bridgehead atoms. The number of aliphatic hydroxyl groups excluding tert-OH is 2. The minimum absolute atomic E-state index is 0.00615. The summed E-state index contributed by atoms with van der Waals surface area (Å²) < 4.78 is 0. The number of rotatable bonds is 38. The average Bonchev–Trinajstić information content (AvgIpc) is 2.05. The molecule has 0 saturated carbocycles. The SMILES string of the molecule is CC(C)C[C@H](NC(=O)[C@H](CC(N)=O)NC(=O)[C@H](Cc1c[nH]c2ccccc12)NC(=O)[C@@H]1CCCN1C(=O)[C@H](CCC(N)=O)NC(=O)[C@@H](N)CO)C(=O)N[C@@H](CCC(=O)O)C(=O)N[C@@H](CCCN=C(N)N)C(=O)N[C@@H](CC(C)C)C(=O)N[C@H](C(=O)O)[C@@H](C)O. The second-order valence-electron chi connectivity index (χ2n) is 22.4. The van der Waals surface area contributed by atoms with Crippen molar-refractivity contribution in [1.29, 1.82) is 0 Å². The first kappa shape index (κ1) is 73.3. The minimum atomic E-state index is -1.85. The van der Waals surface area contributed by atoms with Gasteiger partial charge in [0.2, 0.25) is 65.0 Å². The van der Waals surface area contributed by atoms with E-state index in [2.05, 4.69) is 52.5 Å². The summed E-state index contributed by atoms with van der Waals surface area (Å²) in [4.78, 5) is 183. The summed E-state index contributed by atoms with van der Waals surface area (Å²) in [6.07, 6.45) is -3.14. The predicted molar refractivity (Wildman–Crippen MR) is 314 cm³/mol. The number of fused-ring (bicyclic) bond motifs is 1. The molecule has 1 fully saturated rings. The van der Waals surface area contributed by atoms with Gasteiger partial charge in [0.15, 0.2) is 12.0 Å². The third-order valence-corrected chi connectivity index (χ3v) is 14.0. The lowest BCUT2D eigenvalue weighted by Crippen LogP contribution is -2.61. The molecule has 488 valence electrons. The number of carbonyl (C=O) groups excluding carboxylic acids is 11.